The lowest BCUT2D eigenvalue weighted by Gasteiger charge is -2.18. The van der Waals surface area contributed by atoms with Crippen LogP contribution in [0.5, 0.6) is 5.75 Å². The molecule has 0 unspecified atom stereocenters. The molecule has 0 radical (unpaired) electrons. The fourth-order valence-corrected chi connectivity index (χ4v) is 2.14. The molecule has 1 aromatic carbocycles. The maximum absolute atomic E-state index is 11.2. The van der Waals surface area contributed by atoms with Crippen molar-refractivity contribution in [2.75, 3.05) is 24.7 Å². The molecule has 2 N–H and O–H groups in total. The molecule has 1 amide bonds. The van der Waals surface area contributed by atoms with Gasteiger partial charge in [0.15, 0.2) is 6.61 Å². The van der Waals surface area contributed by atoms with E-state index in [-0.39, 0.29) is 12.5 Å². The van der Waals surface area contributed by atoms with Gasteiger partial charge in [0.2, 0.25) is 10.0 Å². The van der Waals surface area contributed by atoms with Gasteiger partial charge in [-0.15, -0.1) is 0 Å². The predicted molar refractivity (Wildman–Crippen MR) is 67.1 cm³/mol. The second-order valence-electron chi connectivity index (χ2n) is 4.08. The Morgan fingerprint density at radius 2 is 2.22 bits per heavy atom. The van der Waals surface area contributed by atoms with E-state index in [4.69, 9.17) is 4.74 Å². The van der Waals surface area contributed by atoms with Gasteiger partial charge in [0.05, 0.1) is 11.9 Å². The summed E-state index contributed by atoms with van der Waals surface area (Å²) in [5, 5.41) is 2.70. The largest absolute Gasteiger partial charge is 0.482 e. The molecule has 98 valence electrons. The van der Waals surface area contributed by atoms with Crippen LogP contribution in [0.1, 0.15) is 5.56 Å². The van der Waals surface area contributed by atoms with E-state index in [0.29, 0.717) is 24.4 Å². The summed E-state index contributed by atoms with van der Waals surface area (Å²) in [6.07, 6.45) is 1.67. The highest BCUT2D eigenvalue weighted by atomic mass is 32.2. The van der Waals surface area contributed by atoms with Crippen molar-refractivity contribution >= 4 is 21.6 Å². The number of nitrogens with one attached hydrogen (secondary N) is 2. The lowest BCUT2D eigenvalue weighted by molar-refractivity contribution is -0.118. The number of carbonyl (C=O) groups is 1. The van der Waals surface area contributed by atoms with Crippen LogP contribution in [0.2, 0.25) is 0 Å². The summed E-state index contributed by atoms with van der Waals surface area (Å²) in [6.45, 7) is 0.356. The van der Waals surface area contributed by atoms with Gasteiger partial charge in [-0.05, 0) is 24.1 Å². The van der Waals surface area contributed by atoms with Gasteiger partial charge in [-0.25, -0.2) is 13.1 Å². The van der Waals surface area contributed by atoms with Crippen molar-refractivity contribution in [1.82, 2.24) is 4.72 Å². The molecule has 0 aromatic heterocycles. The Morgan fingerprint density at radius 3 is 2.94 bits per heavy atom. The number of rotatable bonds is 4. The van der Waals surface area contributed by atoms with Crippen molar-refractivity contribution in [3.63, 3.8) is 0 Å². The maximum Gasteiger partial charge on any atom is 0.262 e. The van der Waals surface area contributed by atoms with Gasteiger partial charge in [-0.2, -0.15) is 0 Å². The predicted octanol–water partition coefficient (Wildman–Crippen LogP) is 0.109. The van der Waals surface area contributed by atoms with Gasteiger partial charge in [0.1, 0.15) is 5.75 Å². The van der Waals surface area contributed by atoms with Gasteiger partial charge in [-0.1, -0.05) is 6.07 Å². The summed E-state index contributed by atoms with van der Waals surface area (Å²) in [5.41, 5.74) is 1.55. The van der Waals surface area contributed by atoms with Crippen molar-refractivity contribution in [2.45, 2.75) is 6.42 Å². The van der Waals surface area contributed by atoms with Crippen molar-refractivity contribution in [2.24, 2.45) is 0 Å². The smallest absolute Gasteiger partial charge is 0.262 e. The number of ether oxygens (including phenoxy) is 1. The molecule has 0 spiro atoms. The molecule has 0 saturated heterocycles. The van der Waals surface area contributed by atoms with E-state index in [9.17, 15) is 13.2 Å². The van der Waals surface area contributed by atoms with Gasteiger partial charge in [0.25, 0.3) is 5.91 Å². The topological polar surface area (TPSA) is 84.5 Å². The number of hydrogen-bond donors (Lipinski definition) is 2. The lowest BCUT2D eigenvalue weighted by Crippen LogP contribution is -2.26. The molecular weight excluding hydrogens is 256 g/mol. The number of anilines is 1. The third kappa shape index (κ3) is 3.44. The summed E-state index contributed by atoms with van der Waals surface area (Å²) >= 11 is 0. The Bertz CT molecular complexity index is 568. The zero-order valence-electron chi connectivity index (χ0n) is 9.89. The Kier molecular flexibility index (Phi) is 3.53. The van der Waals surface area contributed by atoms with Crippen LogP contribution < -0.4 is 14.8 Å². The van der Waals surface area contributed by atoms with E-state index in [1.165, 1.54) is 0 Å². The summed E-state index contributed by atoms with van der Waals surface area (Å²) < 4.78 is 29.5. The van der Waals surface area contributed by atoms with E-state index in [1.807, 2.05) is 6.07 Å². The Labute approximate surface area is 105 Å². The van der Waals surface area contributed by atoms with Crippen LogP contribution in [0, 0.1) is 0 Å². The zero-order chi connectivity index (χ0) is 13.2. The molecule has 6 nitrogen and oxygen atoms in total. The van der Waals surface area contributed by atoms with Crippen molar-refractivity contribution in [3.8, 4) is 5.75 Å². The zero-order valence-corrected chi connectivity index (χ0v) is 10.7. The van der Waals surface area contributed by atoms with Gasteiger partial charge < -0.3 is 10.1 Å². The minimum atomic E-state index is -3.16. The van der Waals surface area contributed by atoms with E-state index >= 15 is 0 Å². The summed E-state index contributed by atoms with van der Waals surface area (Å²) in [7, 11) is -3.16. The maximum atomic E-state index is 11.2. The van der Waals surface area contributed by atoms with Crippen LogP contribution in [0.25, 0.3) is 0 Å². The van der Waals surface area contributed by atoms with Crippen LogP contribution >= 0.6 is 0 Å². The molecule has 18 heavy (non-hydrogen) atoms. The minimum absolute atomic E-state index is 0.0297. The first-order chi connectivity index (χ1) is 8.44. The number of hydrogen-bond acceptors (Lipinski definition) is 4. The number of amides is 1. The fraction of sp³-hybridized carbons (Fsp3) is 0.364. The molecule has 0 bridgehead atoms. The van der Waals surface area contributed by atoms with Crippen LogP contribution in [0.4, 0.5) is 5.69 Å². The molecule has 0 saturated carbocycles. The van der Waals surface area contributed by atoms with Crippen LogP contribution in [-0.4, -0.2) is 33.7 Å². The van der Waals surface area contributed by atoms with Gasteiger partial charge in [0, 0.05) is 6.54 Å². The van der Waals surface area contributed by atoms with E-state index in [1.54, 1.807) is 12.1 Å². The molecule has 1 aliphatic heterocycles. The summed E-state index contributed by atoms with van der Waals surface area (Å²) in [5.74, 6) is 0.448. The van der Waals surface area contributed by atoms with Crippen molar-refractivity contribution < 1.29 is 17.9 Å². The molecule has 1 aliphatic rings. The standard InChI is InChI=1S/C11H14N2O4S/c1-18(15,16)12-5-4-8-2-3-10-9(6-8)13-11(14)7-17-10/h2-3,6,12H,4-5,7H2,1H3,(H,13,14). The third-order valence-corrected chi connectivity index (χ3v) is 3.18. The monoisotopic (exact) mass is 270 g/mol. The van der Waals surface area contributed by atoms with Crippen molar-refractivity contribution in [3.05, 3.63) is 23.8 Å². The average Bonchev–Trinajstić information content (AvgIpc) is 2.26. The fourth-order valence-electron chi connectivity index (χ4n) is 1.67. The first-order valence-corrected chi connectivity index (χ1v) is 7.33. The lowest BCUT2D eigenvalue weighted by atomic mass is 10.1. The first-order valence-electron chi connectivity index (χ1n) is 5.44. The SMILES string of the molecule is CS(=O)(=O)NCCc1ccc2c(c1)NC(=O)CO2. The molecular formula is C11H14N2O4S. The van der Waals surface area contributed by atoms with Crippen molar-refractivity contribution in [1.29, 1.82) is 0 Å². The van der Waals surface area contributed by atoms with E-state index < -0.39 is 10.0 Å². The second kappa shape index (κ2) is 4.95. The third-order valence-electron chi connectivity index (χ3n) is 2.45. The quantitative estimate of drug-likeness (QED) is 0.813. The molecule has 7 heteroatoms. The highest BCUT2D eigenvalue weighted by Gasteiger charge is 2.15. The average molecular weight is 270 g/mol. The molecule has 0 aliphatic carbocycles. The molecule has 1 aromatic rings. The Morgan fingerprint density at radius 1 is 1.44 bits per heavy atom. The highest BCUT2D eigenvalue weighted by molar-refractivity contribution is 7.88. The van der Waals surface area contributed by atoms with Gasteiger partial charge >= 0.3 is 0 Å². The van der Waals surface area contributed by atoms with Crippen LogP contribution in [-0.2, 0) is 21.2 Å². The van der Waals surface area contributed by atoms with E-state index in [0.717, 1.165) is 11.8 Å². The summed E-state index contributed by atoms with van der Waals surface area (Å²) in [4.78, 5) is 11.2. The molecule has 1 heterocycles. The summed E-state index contributed by atoms with van der Waals surface area (Å²) in [6, 6.07) is 5.40. The molecule has 2 rings (SSSR count). The second-order valence-corrected chi connectivity index (χ2v) is 5.92. The van der Waals surface area contributed by atoms with Crippen LogP contribution in [0.3, 0.4) is 0 Å². The van der Waals surface area contributed by atoms with Crippen LogP contribution in [0.15, 0.2) is 18.2 Å². The van der Waals surface area contributed by atoms with Gasteiger partial charge in [-0.3, -0.25) is 4.79 Å². The number of benzene rings is 1. The Balaban J connectivity index is 2.02. The molecule has 0 fully saturated rings. The van der Waals surface area contributed by atoms with E-state index in [2.05, 4.69) is 10.0 Å². The minimum Gasteiger partial charge on any atom is -0.482 e. The number of carbonyl (C=O) groups excluding carboxylic acids is 1. The number of sulfonamides is 1. The highest BCUT2D eigenvalue weighted by Crippen LogP contribution is 2.28. The first kappa shape index (κ1) is 12.8. The number of fused-ring (bicyclic) bond motifs is 1. The molecule has 0 atom stereocenters. The normalized spacial score (nSPS) is 14.6. The Hall–Kier alpha value is -1.60.